The van der Waals surface area contributed by atoms with Crippen molar-refractivity contribution < 1.29 is 5.11 Å². The Morgan fingerprint density at radius 2 is 2.11 bits per heavy atom. The van der Waals surface area contributed by atoms with Crippen LogP contribution in [0.15, 0.2) is 12.3 Å². The van der Waals surface area contributed by atoms with Gasteiger partial charge < -0.3 is 5.11 Å². The first kappa shape index (κ1) is 12.0. The van der Waals surface area contributed by atoms with Gasteiger partial charge in [-0.15, -0.1) is 0 Å². The van der Waals surface area contributed by atoms with Gasteiger partial charge in [0.1, 0.15) is 0 Å². The first-order valence-corrected chi connectivity index (χ1v) is 7.99. The normalized spacial score (nSPS) is 38.4. The lowest BCUT2D eigenvalue weighted by atomic mass is 9.81. The van der Waals surface area contributed by atoms with Gasteiger partial charge in [0, 0.05) is 12.6 Å². The van der Waals surface area contributed by atoms with Crippen LogP contribution in [0.4, 0.5) is 0 Å². The molecule has 104 valence electrons. The summed E-state index contributed by atoms with van der Waals surface area (Å²) in [5, 5.41) is 15.6. The first-order valence-electron chi connectivity index (χ1n) is 7.99. The zero-order valence-electron chi connectivity index (χ0n) is 11.6. The molecule has 0 radical (unpaired) electrons. The van der Waals surface area contributed by atoms with Gasteiger partial charge in [-0.25, -0.2) is 0 Å². The second kappa shape index (κ2) is 4.34. The summed E-state index contributed by atoms with van der Waals surface area (Å²) in [7, 11) is 0. The van der Waals surface area contributed by atoms with Crippen LogP contribution in [0.2, 0.25) is 0 Å². The van der Waals surface area contributed by atoms with Crippen molar-refractivity contribution in [1.29, 1.82) is 0 Å². The van der Waals surface area contributed by atoms with E-state index in [1.807, 2.05) is 0 Å². The summed E-state index contributed by atoms with van der Waals surface area (Å²) in [6.45, 7) is 0. The van der Waals surface area contributed by atoms with Gasteiger partial charge in [-0.3, -0.25) is 4.68 Å². The van der Waals surface area contributed by atoms with Crippen molar-refractivity contribution in [1.82, 2.24) is 9.78 Å². The Kier molecular flexibility index (Phi) is 2.73. The molecular weight excluding hydrogens is 236 g/mol. The van der Waals surface area contributed by atoms with Crippen LogP contribution in [0, 0.1) is 11.8 Å². The van der Waals surface area contributed by atoms with Crippen molar-refractivity contribution in [3.05, 3.63) is 18.0 Å². The molecule has 3 fully saturated rings. The first-order chi connectivity index (χ1) is 9.23. The molecule has 3 heteroatoms. The molecule has 3 aliphatic carbocycles. The zero-order valence-corrected chi connectivity index (χ0v) is 11.6. The van der Waals surface area contributed by atoms with Crippen LogP contribution in [-0.4, -0.2) is 20.5 Å². The summed E-state index contributed by atoms with van der Waals surface area (Å²) in [5.74, 6) is 1.32. The number of aromatic nitrogens is 2. The van der Waals surface area contributed by atoms with Gasteiger partial charge in [0.05, 0.1) is 17.3 Å². The molecule has 1 aromatic heterocycles. The lowest BCUT2D eigenvalue weighted by Crippen LogP contribution is -2.37. The average molecular weight is 260 g/mol. The number of hydrogen-bond acceptors (Lipinski definition) is 2. The number of nitrogens with zero attached hydrogens (tertiary/aromatic N) is 2. The fraction of sp³-hybridized carbons (Fsp3) is 0.812. The number of rotatable bonds is 3. The summed E-state index contributed by atoms with van der Waals surface area (Å²) in [6, 6.07) is 2.74. The molecule has 0 aromatic carbocycles. The quantitative estimate of drug-likeness (QED) is 0.907. The predicted molar refractivity (Wildman–Crippen MR) is 73.8 cm³/mol. The highest BCUT2D eigenvalue weighted by molar-refractivity contribution is 5.10. The topological polar surface area (TPSA) is 38.0 Å². The molecule has 1 aromatic rings. The molecule has 3 nitrogen and oxygen atoms in total. The highest BCUT2D eigenvalue weighted by Crippen LogP contribution is 2.51. The maximum atomic E-state index is 10.9. The van der Waals surface area contributed by atoms with Crippen LogP contribution >= 0.6 is 0 Å². The standard InChI is InChI=1S/C16H24N2O/c19-16(10-12-5-6-13(16)9-12)11-14-7-8-18(17-14)15-3-1-2-4-15/h7-8,12-13,15,19H,1-6,9-11H2. The maximum Gasteiger partial charge on any atom is 0.0734 e. The third-order valence-electron chi connectivity index (χ3n) is 5.79. The van der Waals surface area contributed by atoms with Crippen LogP contribution in [0.25, 0.3) is 0 Å². The van der Waals surface area contributed by atoms with Gasteiger partial charge in [0.15, 0.2) is 0 Å². The fourth-order valence-electron chi connectivity index (χ4n) is 4.79. The van der Waals surface area contributed by atoms with E-state index in [0.717, 1.165) is 24.5 Å². The second-order valence-electron chi connectivity index (χ2n) is 7.09. The summed E-state index contributed by atoms with van der Waals surface area (Å²) in [6.07, 6.45) is 12.9. The Bertz CT molecular complexity index is 463. The molecule has 3 aliphatic rings. The van der Waals surface area contributed by atoms with E-state index in [9.17, 15) is 5.11 Å². The minimum Gasteiger partial charge on any atom is -0.389 e. The molecule has 2 bridgehead atoms. The van der Waals surface area contributed by atoms with E-state index in [1.165, 1.54) is 44.9 Å². The maximum absolute atomic E-state index is 10.9. The molecule has 3 unspecified atom stereocenters. The van der Waals surface area contributed by atoms with E-state index < -0.39 is 5.60 Å². The predicted octanol–water partition coefficient (Wildman–Crippen LogP) is 3.09. The van der Waals surface area contributed by atoms with E-state index in [2.05, 4.69) is 16.9 Å². The smallest absolute Gasteiger partial charge is 0.0734 e. The van der Waals surface area contributed by atoms with E-state index in [1.54, 1.807) is 0 Å². The van der Waals surface area contributed by atoms with Gasteiger partial charge in [-0.05, 0) is 56.4 Å². The Hall–Kier alpha value is -0.830. The van der Waals surface area contributed by atoms with Crippen molar-refractivity contribution in [3.8, 4) is 0 Å². The molecule has 0 aliphatic heterocycles. The van der Waals surface area contributed by atoms with Gasteiger partial charge in [-0.2, -0.15) is 5.10 Å². The van der Waals surface area contributed by atoms with Crippen LogP contribution in [0.1, 0.15) is 63.1 Å². The summed E-state index contributed by atoms with van der Waals surface area (Å²) < 4.78 is 2.15. The lowest BCUT2D eigenvalue weighted by molar-refractivity contribution is -0.0134. The molecule has 0 saturated heterocycles. The summed E-state index contributed by atoms with van der Waals surface area (Å²) in [4.78, 5) is 0. The molecule has 1 heterocycles. The number of fused-ring (bicyclic) bond motifs is 2. The third kappa shape index (κ3) is 2.03. The molecule has 4 rings (SSSR count). The van der Waals surface area contributed by atoms with Crippen LogP contribution < -0.4 is 0 Å². The Morgan fingerprint density at radius 3 is 2.79 bits per heavy atom. The molecule has 1 N–H and O–H groups in total. The Balaban J connectivity index is 1.48. The Labute approximate surface area is 115 Å². The van der Waals surface area contributed by atoms with E-state index in [4.69, 9.17) is 5.10 Å². The van der Waals surface area contributed by atoms with Crippen molar-refractivity contribution in [3.63, 3.8) is 0 Å². The molecule has 0 spiro atoms. The van der Waals surface area contributed by atoms with E-state index >= 15 is 0 Å². The second-order valence-corrected chi connectivity index (χ2v) is 7.09. The van der Waals surface area contributed by atoms with Crippen molar-refractivity contribution in [2.24, 2.45) is 11.8 Å². The largest absolute Gasteiger partial charge is 0.389 e. The highest BCUT2D eigenvalue weighted by atomic mass is 16.3. The fourth-order valence-corrected chi connectivity index (χ4v) is 4.79. The van der Waals surface area contributed by atoms with Gasteiger partial charge in [0.25, 0.3) is 0 Å². The summed E-state index contributed by atoms with van der Waals surface area (Å²) >= 11 is 0. The zero-order chi connectivity index (χ0) is 12.9. The molecule has 0 amide bonds. The molecule has 19 heavy (non-hydrogen) atoms. The van der Waals surface area contributed by atoms with Gasteiger partial charge in [0.2, 0.25) is 0 Å². The van der Waals surface area contributed by atoms with E-state index in [-0.39, 0.29) is 0 Å². The van der Waals surface area contributed by atoms with Crippen molar-refractivity contribution in [2.45, 2.75) is 69.4 Å². The lowest BCUT2D eigenvalue weighted by Gasteiger charge is -2.31. The SMILES string of the molecule is OC1(Cc2ccn(C3CCCC3)n2)CC2CCC1C2. The van der Waals surface area contributed by atoms with Crippen LogP contribution in [-0.2, 0) is 6.42 Å². The molecular formula is C16H24N2O. The van der Waals surface area contributed by atoms with Crippen LogP contribution in [0.3, 0.4) is 0 Å². The van der Waals surface area contributed by atoms with Gasteiger partial charge in [-0.1, -0.05) is 12.8 Å². The summed E-state index contributed by atoms with van der Waals surface area (Å²) in [5.41, 5.74) is 0.652. The monoisotopic (exact) mass is 260 g/mol. The Morgan fingerprint density at radius 1 is 1.26 bits per heavy atom. The van der Waals surface area contributed by atoms with Crippen LogP contribution in [0.5, 0.6) is 0 Å². The average Bonchev–Trinajstić information content (AvgIpc) is 3.12. The highest BCUT2D eigenvalue weighted by Gasteiger charge is 2.49. The van der Waals surface area contributed by atoms with E-state index in [0.29, 0.717) is 12.0 Å². The number of aliphatic hydroxyl groups is 1. The van der Waals surface area contributed by atoms with Gasteiger partial charge >= 0.3 is 0 Å². The number of hydrogen-bond donors (Lipinski definition) is 1. The minimum atomic E-state index is -0.447. The van der Waals surface area contributed by atoms with Crippen molar-refractivity contribution >= 4 is 0 Å². The molecule has 3 atom stereocenters. The molecule has 3 saturated carbocycles. The minimum absolute atomic E-state index is 0.447. The van der Waals surface area contributed by atoms with Crippen molar-refractivity contribution in [2.75, 3.05) is 0 Å². The third-order valence-corrected chi connectivity index (χ3v) is 5.79.